The lowest BCUT2D eigenvalue weighted by molar-refractivity contribution is 0.106. The van der Waals surface area contributed by atoms with Gasteiger partial charge >= 0.3 is 11.8 Å². The van der Waals surface area contributed by atoms with Gasteiger partial charge in [-0.05, 0) is 73.9 Å². The number of alkyl carbamates (subject to hydrolysis) is 1. The maximum Gasteiger partial charge on any atom is 0.407 e. The molecule has 1 fully saturated rings. The van der Waals surface area contributed by atoms with E-state index in [0.29, 0.717) is 78.4 Å². The number of hydrogen-bond acceptors (Lipinski definition) is 8. The molecule has 1 saturated carbocycles. The first-order valence-corrected chi connectivity index (χ1v) is 20.4. The molecule has 1 aliphatic carbocycles. The Labute approximate surface area is 327 Å². The molecule has 1 N–H and O–H groups in total. The first-order valence-electron chi connectivity index (χ1n) is 18.9. The molecule has 5 aliphatic rings. The monoisotopic (exact) mass is 789 g/mol. The molecular weight excluding hydrogens is 750 g/mol. The van der Waals surface area contributed by atoms with Gasteiger partial charge in [-0.3, -0.25) is 13.8 Å². The van der Waals surface area contributed by atoms with Gasteiger partial charge in [0, 0.05) is 37.4 Å². The lowest BCUT2D eigenvalue weighted by atomic mass is 9.76. The molecule has 0 saturated heterocycles. The number of nitrogens with one attached hydrogen (secondary N) is 1. The van der Waals surface area contributed by atoms with Gasteiger partial charge in [-0.1, -0.05) is 60.7 Å². The van der Waals surface area contributed by atoms with Crippen LogP contribution >= 0.6 is 0 Å². The molecule has 4 aromatic heterocycles. The van der Waals surface area contributed by atoms with Crippen LogP contribution in [0.2, 0.25) is 0 Å². The van der Waals surface area contributed by atoms with Crippen LogP contribution in [0.3, 0.4) is 0 Å². The molecule has 4 bridgehead atoms. The first-order chi connectivity index (χ1) is 27.5. The van der Waals surface area contributed by atoms with Crippen molar-refractivity contribution in [2.24, 2.45) is 14.1 Å². The van der Waals surface area contributed by atoms with Gasteiger partial charge in [0.1, 0.15) is 12.4 Å². The summed E-state index contributed by atoms with van der Waals surface area (Å²) in [5.74, 6) is -0.290. The normalized spacial score (nSPS) is 18.3. The van der Waals surface area contributed by atoms with Crippen LogP contribution in [0.15, 0.2) is 107 Å². The third-order valence-electron chi connectivity index (χ3n) is 11.4. The molecule has 0 atom stereocenters. The average Bonchev–Trinajstić information content (AvgIpc) is 3.84. The van der Waals surface area contributed by atoms with E-state index in [0.717, 1.165) is 9.54 Å². The summed E-state index contributed by atoms with van der Waals surface area (Å²) in [5, 5.41) is 7.55. The van der Waals surface area contributed by atoms with Crippen molar-refractivity contribution in [2.75, 3.05) is 6.61 Å². The minimum Gasteiger partial charge on any atom is -0.494 e. The minimum absolute atomic E-state index is 0.0214. The molecule has 292 valence electrons. The topological polar surface area (TPSA) is 144 Å². The Kier molecular flexibility index (Phi) is 8.98. The van der Waals surface area contributed by atoms with Crippen LogP contribution in [0, 0.1) is 5.95 Å². The van der Waals surface area contributed by atoms with E-state index in [-0.39, 0.29) is 40.1 Å². The Morgan fingerprint density at radius 2 is 1.68 bits per heavy atom. The van der Waals surface area contributed by atoms with E-state index in [2.05, 4.69) is 10.4 Å². The molecule has 4 aliphatic heterocycles. The summed E-state index contributed by atoms with van der Waals surface area (Å²) >= 11 is 0. The number of benzene rings is 3. The van der Waals surface area contributed by atoms with Crippen LogP contribution in [-0.2, 0) is 35.5 Å². The van der Waals surface area contributed by atoms with E-state index in [1.54, 1.807) is 61.1 Å². The molecule has 7 aromatic rings. The number of aryl methyl sites for hydroxylation is 2. The van der Waals surface area contributed by atoms with Gasteiger partial charge in [-0.15, -0.1) is 5.10 Å². The number of ether oxygens (including phenoxy) is 2. The predicted molar refractivity (Wildman–Crippen MR) is 212 cm³/mol. The van der Waals surface area contributed by atoms with E-state index in [1.807, 2.05) is 30.3 Å². The van der Waals surface area contributed by atoms with Crippen LogP contribution in [-0.4, -0.2) is 54.5 Å². The van der Waals surface area contributed by atoms with Crippen molar-refractivity contribution < 1.29 is 27.1 Å². The van der Waals surface area contributed by atoms with Crippen LogP contribution < -0.4 is 15.7 Å². The van der Waals surface area contributed by atoms with E-state index >= 15 is 4.39 Å². The summed E-state index contributed by atoms with van der Waals surface area (Å²) in [6.45, 7) is 0.506. The predicted octanol–water partition coefficient (Wildman–Crippen LogP) is 7.09. The Bertz CT molecular complexity index is 2820. The maximum absolute atomic E-state index is 16.0. The fraction of sp³-hybridized carbons (Fsp3) is 0.286. The van der Waals surface area contributed by atoms with Crippen LogP contribution in [0.1, 0.15) is 50.1 Å². The summed E-state index contributed by atoms with van der Waals surface area (Å²) in [6.07, 6.45) is 5.85. The number of imidazole rings is 1. The number of hydrogen-bond donors (Lipinski definition) is 1. The average molecular weight is 790 g/mol. The van der Waals surface area contributed by atoms with Gasteiger partial charge in [-0.2, -0.15) is 4.39 Å². The van der Waals surface area contributed by atoms with E-state index in [1.165, 1.54) is 33.8 Å². The van der Waals surface area contributed by atoms with E-state index in [9.17, 15) is 18.0 Å². The molecule has 0 spiro atoms. The standard InChI is InChI=1S/C42H40FN7O6S/c1-47-25-32(38(43)46-47)36-34-28-14-16-30(17-15-28)55-23-9-20-42(45-40(51)56-26-27-10-5-3-6-11-27)21-18-29(19-22-42)49-37-33(48(2)41(49)52)24-44-39(35(34)37)50(36)57(53,54)31-12-7-4-8-13-31/h3-8,10-17,24-25,29H,9,18-23,26H2,1-2H3,(H,45,51). The summed E-state index contributed by atoms with van der Waals surface area (Å²) in [7, 11) is -1.20. The lowest BCUT2D eigenvalue weighted by Gasteiger charge is -2.41. The number of nitrogens with zero attached hydrogens (tertiary/aromatic N) is 6. The third-order valence-corrected chi connectivity index (χ3v) is 13.1. The smallest absolute Gasteiger partial charge is 0.407 e. The molecule has 0 unspecified atom stereocenters. The second-order valence-corrected chi connectivity index (χ2v) is 16.7. The summed E-state index contributed by atoms with van der Waals surface area (Å²) < 4.78 is 63.3. The number of carbonyl (C=O) groups excluding carboxylic acids is 1. The number of amides is 1. The molecule has 1 amide bonds. The lowest BCUT2D eigenvalue weighted by Crippen LogP contribution is -2.51. The largest absolute Gasteiger partial charge is 0.494 e. The van der Waals surface area contributed by atoms with E-state index in [4.69, 9.17) is 14.5 Å². The van der Waals surface area contributed by atoms with Gasteiger partial charge in [0.15, 0.2) is 5.65 Å². The third kappa shape index (κ3) is 6.26. The van der Waals surface area contributed by atoms with E-state index < -0.39 is 27.6 Å². The molecule has 12 rings (SSSR count). The van der Waals surface area contributed by atoms with Gasteiger partial charge in [0.05, 0.1) is 45.4 Å². The SMILES string of the molecule is Cn1cc(-c2c3c4c(ncc5c4n(c(=O)n5C)C4CCC(NC(=O)OCc5ccccc5)(CCCOc5ccc-3cc5)CC4)n2S(=O)(=O)c2ccccc2)c(F)n1. The molecule has 13 nitrogen and oxygen atoms in total. The number of pyridine rings is 1. The number of halogens is 1. The van der Waals surface area contributed by atoms with Crippen molar-refractivity contribution >= 4 is 38.2 Å². The minimum atomic E-state index is -4.43. The summed E-state index contributed by atoms with van der Waals surface area (Å²) in [6, 6.07) is 24.2. The second-order valence-electron chi connectivity index (χ2n) is 14.9. The Morgan fingerprint density at radius 3 is 2.37 bits per heavy atom. The second kappa shape index (κ2) is 14.1. The van der Waals surface area contributed by atoms with Gasteiger partial charge in [0.2, 0.25) is 5.95 Å². The van der Waals surface area contributed by atoms with Crippen LogP contribution in [0.5, 0.6) is 5.75 Å². The highest BCUT2D eigenvalue weighted by Crippen LogP contribution is 2.47. The Morgan fingerprint density at radius 1 is 0.982 bits per heavy atom. The summed E-state index contributed by atoms with van der Waals surface area (Å²) in [5.41, 5.74) is 1.88. The molecule has 15 heteroatoms. The molecular formula is C42H40FN7O6S. The van der Waals surface area contributed by atoms with Gasteiger partial charge in [0.25, 0.3) is 10.0 Å². The van der Waals surface area contributed by atoms with Gasteiger partial charge in [-0.25, -0.2) is 27.0 Å². The van der Waals surface area contributed by atoms with Crippen LogP contribution in [0.25, 0.3) is 44.5 Å². The fourth-order valence-electron chi connectivity index (χ4n) is 8.60. The molecule has 8 heterocycles. The van der Waals surface area contributed by atoms with Crippen molar-refractivity contribution in [3.8, 4) is 28.1 Å². The zero-order valence-electron chi connectivity index (χ0n) is 31.4. The van der Waals surface area contributed by atoms with Crippen molar-refractivity contribution in [1.82, 2.24) is 33.2 Å². The fourth-order valence-corrected chi connectivity index (χ4v) is 10.1. The maximum atomic E-state index is 16.0. The Hall–Kier alpha value is -6.22. The van der Waals surface area contributed by atoms with Crippen molar-refractivity contribution in [3.63, 3.8) is 0 Å². The Balaban J connectivity index is 1.26. The number of carbonyl (C=O) groups is 1. The van der Waals surface area contributed by atoms with Crippen molar-refractivity contribution in [2.45, 2.75) is 61.6 Å². The molecule has 0 radical (unpaired) electrons. The van der Waals surface area contributed by atoms with Crippen LogP contribution in [0.4, 0.5) is 9.18 Å². The zero-order chi connectivity index (χ0) is 39.5. The summed E-state index contributed by atoms with van der Waals surface area (Å²) in [4.78, 5) is 32.5. The highest BCUT2D eigenvalue weighted by atomic mass is 32.2. The highest BCUT2D eigenvalue weighted by Gasteiger charge is 2.40. The zero-order valence-corrected chi connectivity index (χ0v) is 32.2. The first kappa shape index (κ1) is 36.4. The highest BCUT2D eigenvalue weighted by molar-refractivity contribution is 7.90. The number of aromatic nitrogens is 6. The van der Waals surface area contributed by atoms with Crippen molar-refractivity contribution in [3.05, 3.63) is 119 Å². The van der Waals surface area contributed by atoms with Gasteiger partial charge < -0.3 is 14.8 Å². The molecule has 3 aromatic carbocycles. The van der Waals surface area contributed by atoms with Crippen molar-refractivity contribution in [1.29, 1.82) is 0 Å². The quantitative estimate of drug-likeness (QED) is 0.188. The number of rotatable bonds is 6. The molecule has 57 heavy (non-hydrogen) atoms.